The number of nitrogens with zero attached hydrogens (tertiary/aromatic N) is 2. The summed E-state index contributed by atoms with van der Waals surface area (Å²) in [7, 11) is 0. The van der Waals surface area contributed by atoms with Crippen LogP contribution in [0.1, 0.15) is 50.9 Å². The van der Waals surface area contributed by atoms with E-state index < -0.39 is 34.9 Å². The zero-order valence-electron chi connectivity index (χ0n) is 19.7. The molecule has 10 heteroatoms. The van der Waals surface area contributed by atoms with Gasteiger partial charge in [0.2, 0.25) is 5.43 Å². The lowest BCUT2D eigenvalue weighted by Gasteiger charge is -2.34. The predicted octanol–water partition coefficient (Wildman–Crippen LogP) is 3.00. The molecule has 8 nitrogen and oxygen atoms in total. The van der Waals surface area contributed by atoms with Gasteiger partial charge < -0.3 is 19.5 Å². The molecule has 2 aliphatic rings. The topological polar surface area (TPSA) is 97.7 Å². The van der Waals surface area contributed by atoms with E-state index >= 15 is 0 Å². The van der Waals surface area contributed by atoms with Crippen molar-refractivity contribution in [3.05, 3.63) is 99.0 Å². The molecule has 0 radical (unpaired) electrons. The Morgan fingerprint density at radius 3 is 2.62 bits per heavy atom. The molecule has 2 amide bonds. The molecular formula is C27H23F2N3O5. The zero-order chi connectivity index (χ0) is 26.1. The first-order chi connectivity index (χ1) is 17.8. The minimum Gasteiger partial charge on any atom is -0.483 e. The van der Waals surface area contributed by atoms with E-state index in [1.165, 1.54) is 21.7 Å². The zero-order valence-corrected chi connectivity index (χ0v) is 19.7. The summed E-state index contributed by atoms with van der Waals surface area (Å²) in [5.74, 6) is -3.33. The number of hydrogen-bond acceptors (Lipinski definition) is 5. The molecule has 1 atom stereocenters. The predicted molar refractivity (Wildman–Crippen MR) is 128 cm³/mol. The van der Waals surface area contributed by atoms with Crippen LogP contribution < -0.4 is 15.5 Å². The Bertz CT molecular complexity index is 1450. The minimum atomic E-state index is -0.843. The van der Waals surface area contributed by atoms with Gasteiger partial charge in [0.25, 0.3) is 11.8 Å². The largest absolute Gasteiger partial charge is 0.483 e. The average Bonchev–Trinajstić information content (AvgIpc) is 3.06. The number of amides is 2. The van der Waals surface area contributed by atoms with Gasteiger partial charge in [0, 0.05) is 43.9 Å². The fraction of sp³-hybridized carbons (Fsp3) is 0.259. The van der Waals surface area contributed by atoms with Crippen LogP contribution >= 0.6 is 0 Å². The molecule has 3 heterocycles. The molecule has 3 aromatic rings. The van der Waals surface area contributed by atoms with Crippen molar-refractivity contribution in [2.45, 2.75) is 32.0 Å². The second-order valence-corrected chi connectivity index (χ2v) is 8.99. The number of aromatic nitrogens is 1. The number of halogens is 2. The fourth-order valence-corrected chi connectivity index (χ4v) is 4.61. The molecule has 5 rings (SSSR count). The van der Waals surface area contributed by atoms with Crippen molar-refractivity contribution in [3.8, 4) is 5.75 Å². The van der Waals surface area contributed by atoms with E-state index in [4.69, 9.17) is 4.74 Å². The van der Waals surface area contributed by atoms with Gasteiger partial charge in [-0.15, -0.1) is 0 Å². The van der Waals surface area contributed by atoms with Crippen molar-refractivity contribution >= 4 is 17.6 Å². The lowest BCUT2D eigenvalue weighted by Crippen LogP contribution is -2.46. The van der Waals surface area contributed by atoms with Crippen molar-refractivity contribution in [2.24, 2.45) is 0 Å². The van der Waals surface area contributed by atoms with Gasteiger partial charge in [-0.3, -0.25) is 19.2 Å². The fourth-order valence-electron chi connectivity index (χ4n) is 4.61. The molecular weight excluding hydrogens is 484 g/mol. The highest BCUT2D eigenvalue weighted by Gasteiger charge is 2.40. The standard InChI is InChI=1S/C27H23F2N3O5/c28-18-9-8-17(20(29)11-18)12-30-26(35)19-13-32-21-14-31(10-4-7-22(21)33)27(36)23(32)25(24(19)34)37-15-16-5-2-1-3-6-16/h1-3,5-6,8-9,11,13,21H,4,7,10,12,14-15H2,(H,30,35). The number of hydrogen-bond donors (Lipinski definition) is 1. The highest BCUT2D eigenvalue weighted by Crippen LogP contribution is 2.31. The van der Waals surface area contributed by atoms with Crippen LogP contribution in [0.4, 0.5) is 8.78 Å². The molecule has 2 aliphatic heterocycles. The molecule has 1 N–H and O–H groups in total. The molecule has 37 heavy (non-hydrogen) atoms. The maximum atomic E-state index is 14.0. The molecule has 2 bridgehead atoms. The smallest absolute Gasteiger partial charge is 0.274 e. The molecule has 0 aliphatic carbocycles. The number of nitrogens with one attached hydrogen (secondary N) is 1. The number of fused-ring (bicyclic) bond motifs is 4. The van der Waals surface area contributed by atoms with Crippen molar-refractivity contribution in [2.75, 3.05) is 13.1 Å². The third-order valence-electron chi connectivity index (χ3n) is 6.56. The summed E-state index contributed by atoms with van der Waals surface area (Å²) in [6.45, 7) is 0.161. The third-order valence-corrected chi connectivity index (χ3v) is 6.56. The van der Waals surface area contributed by atoms with E-state index in [1.807, 2.05) is 6.07 Å². The molecule has 2 aromatic carbocycles. The first-order valence-corrected chi connectivity index (χ1v) is 11.8. The second-order valence-electron chi connectivity index (χ2n) is 8.99. The summed E-state index contributed by atoms with van der Waals surface area (Å²) >= 11 is 0. The number of ketones is 1. The first-order valence-electron chi connectivity index (χ1n) is 11.8. The Kier molecular flexibility index (Phi) is 6.56. The molecule has 1 unspecified atom stereocenters. The Morgan fingerprint density at radius 2 is 1.86 bits per heavy atom. The lowest BCUT2D eigenvalue weighted by atomic mass is 10.0. The number of carbonyl (C=O) groups excluding carboxylic acids is 3. The summed E-state index contributed by atoms with van der Waals surface area (Å²) in [5.41, 5.74) is -0.487. The quantitative estimate of drug-likeness (QED) is 0.553. The van der Waals surface area contributed by atoms with Gasteiger partial charge in [-0.25, -0.2) is 8.78 Å². The van der Waals surface area contributed by atoms with Gasteiger partial charge in [-0.2, -0.15) is 0 Å². The van der Waals surface area contributed by atoms with Crippen LogP contribution in [0, 0.1) is 11.6 Å². The van der Waals surface area contributed by atoms with Gasteiger partial charge >= 0.3 is 0 Å². The van der Waals surface area contributed by atoms with Crippen LogP contribution in [0.2, 0.25) is 0 Å². The monoisotopic (exact) mass is 507 g/mol. The Hall–Kier alpha value is -4.34. The normalized spacial score (nSPS) is 16.7. The molecule has 1 aromatic heterocycles. The maximum Gasteiger partial charge on any atom is 0.274 e. The SMILES string of the molecule is O=C(NCc1ccc(F)cc1F)c1cn2c(c(OCc3ccccc3)c1=O)C(=O)N1CCCC(=O)C2C1. The molecule has 0 saturated carbocycles. The van der Waals surface area contributed by atoms with Crippen LogP contribution in [-0.2, 0) is 17.9 Å². The first kappa shape index (κ1) is 24.4. The number of carbonyl (C=O) groups is 3. The Morgan fingerprint density at radius 1 is 1.08 bits per heavy atom. The molecule has 1 fully saturated rings. The number of rotatable bonds is 6. The van der Waals surface area contributed by atoms with Crippen molar-refractivity contribution in [1.29, 1.82) is 0 Å². The summed E-state index contributed by atoms with van der Waals surface area (Å²) in [5, 5.41) is 2.46. The van der Waals surface area contributed by atoms with Crippen LogP contribution in [0.3, 0.4) is 0 Å². The highest BCUT2D eigenvalue weighted by molar-refractivity contribution is 6.01. The van der Waals surface area contributed by atoms with E-state index in [-0.39, 0.29) is 54.5 Å². The number of ether oxygens (including phenoxy) is 1. The summed E-state index contributed by atoms with van der Waals surface area (Å²) in [6, 6.07) is 11.2. The maximum absolute atomic E-state index is 14.0. The summed E-state index contributed by atoms with van der Waals surface area (Å²) in [6.07, 6.45) is 1.95. The van der Waals surface area contributed by atoms with Crippen LogP contribution in [0.15, 0.2) is 59.5 Å². The second kappa shape index (κ2) is 9.96. The summed E-state index contributed by atoms with van der Waals surface area (Å²) < 4.78 is 34.5. The number of pyridine rings is 1. The molecule has 190 valence electrons. The van der Waals surface area contributed by atoms with E-state index in [9.17, 15) is 28.0 Å². The van der Waals surface area contributed by atoms with E-state index in [0.717, 1.165) is 11.6 Å². The highest BCUT2D eigenvalue weighted by atomic mass is 19.1. The van der Waals surface area contributed by atoms with Gasteiger partial charge in [-0.05, 0) is 18.1 Å². The van der Waals surface area contributed by atoms with Crippen LogP contribution in [-0.4, -0.2) is 40.2 Å². The minimum absolute atomic E-state index is 0.0260. The number of Topliss-reactive ketones (excluding diaryl/α,β-unsaturated/α-hetero) is 1. The van der Waals surface area contributed by atoms with E-state index in [2.05, 4.69) is 5.32 Å². The van der Waals surface area contributed by atoms with Gasteiger partial charge in [0.05, 0.1) is 0 Å². The van der Waals surface area contributed by atoms with E-state index in [1.54, 1.807) is 24.3 Å². The Labute approximate surface area is 210 Å². The lowest BCUT2D eigenvalue weighted by molar-refractivity contribution is -0.122. The van der Waals surface area contributed by atoms with Gasteiger partial charge in [0.1, 0.15) is 29.8 Å². The average molecular weight is 507 g/mol. The van der Waals surface area contributed by atoms with Crippen LogP contribution in [0.5, 0.6) is 5.75 Å². The molecule has 1 saturated heterocycles. The molecule has 0 spiro atoms. The summed E-state index contributed by atoms with van der Waals surface area (Å²) in [4.78, 5) is 54.3. The van der Waals surface area contributed by atoms with Crippen molar-refractivity contribution in [1.82, 2.24) is 14.8 Å². The third kappa shape index (κ3) is 4.74. The Balaban J connectivity index is 1.55. The number of benzene rings is 2. The van der Waals surface area contributed by atoms with E-state index in [0.29, 0.717) is 19.0 Å². The van der Waals surface area contributed by atoms with Gasteiger partial charge in [-0.1, -0.05) is 36.4 Å². The van der Waals surface area contributed by atoms with Crippen LogP contribution in [0.25, 0.3) is 0 Å². The van der Waals surface area contributed by atoms with Crippen molar-refractivity contribution < 1.29 is 27.9 Å². The van der Waals surface area contributed by atoms with Crippen molar-refractivity contribution in [3.63, 3.8) is 0 Å². The van der Waals surface area contributed by atoms with Gasteiger partial charge in [0.15, 0.2) is 17.2 Å².